The number of H-pyrrole nitrogens is 1. The fourth-order valence-electron chi connectivity index (χ4n) is 1.68. The van der Waals surface area contributed by atoms with E-state index >= 15 is 0 Å². The minimum atomic E-state index is -0.712. The lowest BCUT2D eigenvalue weighted by Crippen LogP contribution is -2.42. The number of nitrogen functional groups attached to an aromatic ring is 1. The monoisotopic (exact) mass is 246 g/mol. The molecule has 0 aliphatic rings. The van der Waals surface area contributed by atoms with Crippen LogP contribution in [0.15, 0.2) is 24.4 Å². The highest BCUT2D eigenvalue weighted by Crippen LogP contribution is 2.20. The van der Waals surface area contributed by atoms with Gasteiger partial charge in [0.05, 0.1) is 5.56 Å². The number of hydrogen-bond acceptors (Lipinski definition) is 3. The highest BCUT2D eigenvalue weighted by atomic mass is 16.2. The molecule has 6 nitrogen and oxygen atoms in total. The number of hydrogen-bond donors (Lipinski definition) is 4. The fourth-order valence-corrected chi connectivity index (χ4v) is 1.68. The third kappa shape index (κ3) is 2.13. The molecule has 6 heteroatoms. The van der Waals surface area contributed by atoms with Crippen molar-refractivity contribution in [3.05, 3.63) is 30.0 Å². The lowest BCUT2D eigenvalue weighted by Gasteiger charge is -2.09. The number of carbonyl (C=O) groups excluding carboxylic acids is 2. The molecule has 0 spiro atoms. The van der Waals surface area contributed by atoms with Gasteiger partial charge in [0.25, 0.3) is 5.91 Å². The summed E-state index contributed by atoms with van der Waals surface area (Å²) in [5.74, 6) is -0.926. The van der Waals surface area contributed by atoms with Crippen LogP contribution < -0.4 is 16.8 Å². The Hall–Kier alpha value is -2.50. The Morgan fingerprint density at radius 3 is 2.78 bits per heavy atom. The second-order valence-corrected chi connectivity index (χ2v) is 4.10. The third-order valence-electron chi connectivity index (χ3n) is 2.72. The number of aromatic nitrogens is 1. The smallest absolute Gasteiger partial charge is 0.254 e. The van der Waals surface area contributed by atoms with Gasteiger partial charge in [0, 0.05) is 22.8 Å². The van der Waals surface area contributed by atoms with Crippen LogP contribution in [-0.2, 0) is 4.79 Å². The van der Waals surface area contributed by atoms with Crippen molar-refractivity contribution in [2.45, 2.75) is 13.0 Å². The van der Waals surface area contributed by atoms with Crippen LogP contribution in [0.2, 0.25) is 0 Å². The van der Waals surface area contributed by atoms with Gasteiger partial charge in [-0.2, -0.15) is 0 Å². The van der Waals surface area contributed by atoms with E-state index in [4.69, 9.17) is 11.5 Å². The van der Waals surface area contributed by atoms with Crippen molar-refractivity contribution in [3.63, 3.8) is 0 Å². The van der Waals surface area contributed by atoms with Gasteiger partial charge in [-0.05, 0) is 25.1 Å². The second-order valence-electron chi connectivity index (χ2n) is 4.10. The van der Waals surface area contributed by atoms with Crippen molar-refractivity contribution in [3.8, 4) is 0 Å². The van der Waals surface area contributed by atoms with E-state index in [0.717, 1.165) is 10.9 Å². The predicted molar refractivity (Wildman–Crippen MR) is 68.8 cm³/mol. The Morgan fingerprint density at radius 2 is 2.11 bits per heavy atom. The average molecular weight is 246 g/mol. The molecule has 0 saturated carbocycles. The Labute approximate surface area is 103 Å². The van der Waals surface area contributed by atoms with Crippen LogP contribution in [-0.4, -0.2) is 22.8 Å². The highest BCUT2D eigenvalue weighted by Gasteiger charge is 2.16. The molecule has 0 bridgehead atoms. The molecule has 0 radical (unpaired) electrons. The van der Waals surface area contributed by atoms with Crippen molar-refractivity contribution >= 4 is 28.4 Å². The van der Waals surface area contributed by atoms with E-state index in [1.165, 1.54) is 6.92 Å². The molecule has 1 aromatic carbocycles. The van der Waals surface area contributed by atoms with Crippen molar-refractivity contribution in [2.75, 3.05) is 5.73 Å². The predicted octanol–water partition coefficient (Wildman–Crippen LogP) is 0.354. The summed E-state index contributed by atoms with van der Waals surface area (Å²) in [5, 5.41) is 3.27. The maximum atomic E-state index is 11.9. The number of aromatic amines is 1. The van der Waals surface area contributed by atoms with Crippen LogP contribution in [0.25, 0.3) is 10.9 Å². The van der Waals surface area contributed by atoms with Gasteiger partial charge in [0.2, 0.25) is 5.91 Å². The van der Waals surface area contributed by atoms with E-state index in [2.05, 4.69) is 10.3 Å². The quantitative estimate of drug-likeness (QED) is 0.586. The molecule has 1 heterocycles. The van der Waals surface area contributed by atoms with Gasteiger partial charge >= 0.3 is 0 Å². The maximum Gasteiger partial charge on any atom is 0.254 e. The number of nitrogens with two attached hydrogens (primary N) is 2. The van der Waals surface area contributed by atoms with Crippen molar-refractivity contribution in [1.82, 2.24) is 10.3 Å². The summed E-state index contributed by atoms with van der Waals surface area (Å²) in [6.07, 6.45) is 1.58. The van der Waals surface area contributed by atoms with E-state index in [-0.39, 0.29) is 5.91 Å². The number of carbonyl (C=O) groups is 2. The van der Waals surface area contributed by atoms with Gasteiger partial charge in [-0.25, -0.2) is 0 Å². The van der Waals surface area contributed by atoms with Crippen LogP contribution in [0, 0.1) is 0 Å². The second kappa shape index (κ2) is 4.40. The summed E-state index contributed by atoms with van der Waals surface area (Å²) in [4.78, 5) is 25.8. The number of rotatable bonds is 3. The molecule has 0 saturated heterocycles. The zero-order chi connectivity index (χ0) is 13.3. The first-order valence-electron chi connectivity index (χ1n) is 5.46. The first-order valence-corrected chi connectivity index (χ1v) is 5.46. The Bertz CT molecular complexity index is 618. The van der Waals surface area contributed by atoms with Crippen LogP contribution >= 0.6 is 0 Å². The van der Waals surface area contributed by atoms with Gasteiger partial charge < -0.3 is 21.8 Å². The molecule has 1 unspecified atom stereocenters. The molecule has 0 fully saturated rings. The molecule has 18 heavy (non-hydrogen) atoms. The van der Waals surface area contributed by atoms with Crippen molar-refractivity contribution in [2.24, 2.45) is 5.73 Å². The first-order chi connectivity index (χ1) is 8.49. The molecular weight excluding hydrogens is 232 g/mol. The topological polar surface area (TPSA) is 114 Å². The normalized spacial score (nSPS) is 12.3. The molecule has 2 rings (SSSR count). The summed E-state index contributed by atoms with van der Waals surface area (Å²) in [7, 11) is 0. The number of anilines is 1. The minimum Gasteiger partial charge on any atom is -0.399 e. The molecule has 2 amide bonds. The summed E-state index contributed by atoms with van der Waals surface area (Å²) >= 11 is 0. The average Bonchev–Trinajstić information content (AvgIpc) is 2.71. The summed E-state index contributed by atoms with van der Waals surface area (Å²) in [6.45, 7) is 1.53. The summed E-state index contributed by atoms with van der Waals surface area (Å²) in [5.41, 5.74) is 12.6. The van der Waals surface area contributed by atoms with Gasteiger partial charge in [0.15, 0.2) is 0 Å². The first kappa shape index (κ1) is 12.0. The summed E-state index contributed by atoms with van der Waals surface area (Å²) in [6, 6.07) is 4.50. The highest BCUT2D eigenvalue weighted by molar-refractivity contribution is 6.08. The van der Waals surface area contributed by atoms with E-state index in [1.807, 2.05) is 0 Å². The fraction of sp³-hybridized carbons (Fsp3) is 0.167. The Balaban J connectivity index is 2.31. The van der Waals surface area contributed by atoms with Crippen LogP contribution in [0.4, 0.5) is 5.69 Å². The number of benzene rings is 1. The van der Waals surface area contributed by atoms with E-state index < -0.39 is 11.9 Å². The summed E-state index contributed by atoms with van der Waals surface area (Å²) < 4.78 is 0. The van der Waals surface area contributed by atoms with Crippen LogP contribution in [0.3, 0.4) is 0 Å². The van der Waals surface area contributed by atoms with Crippen LogP contribution in [0.1, 0.15) is 17.3 Å². The molecule has 1 atom stereocenters. The lowest BCUT2D eigenvalue weighted by atomic mass is 10.1. The largest absolute Gasteiger partial charge is 0.399 e. The molecular formula is C12H14N4O2. The molecule has 6 N–H and O–H groups in total. The Kier molecular flexibility index (Phi) is 2.93. The zero-order valence-electron chi connectivity index (χ0n) is 9.86. The van der Waals surface area contributed by atoms with E-state index in [9.17, 15) is 9.59 Å². The lowest BCUT2D eigenvalue weighted by molar-refractivity contribution is -0.119. The van der Waals surface area contributed by atoms with Crippen molar-refractivity contribution < 1.29 is 9.59 Å². The Morgan fingerprint density at radius 1 is 1.39 bits per heavy atom. The SMILES string of the molecule is CC(NC(=O)c1c[nH]c2cc(N)ccc12)C(N)=O. The standard InChI is InChI=1S/C12H14N4O2/c1-6(11(14)17)16-12(18)9-5-15-10-4-7(13)2-3-8(9)10/h2-6,15H,13H2,1H3,(H2,14,17)(H,16,18). The van der Waals surface area contributed by atoms with Gasteiger partial charge in [0.1, 0.15) is 6.04 Å². The van der Waals surface area contributed by atoms with Gasteiger partial charge in [-0.1, -0.05) is 0 Å². The number of nitrogens with one attached hydrogen (secondary N) is 2. The molecule has 0 aliphatic heterocycles. The number of fused-ring (bicyclic) bond motifs is 1. The zero-order valence-corrected chi connectivity index (χ0v) is 9.86. The van der Waals surface area contributed by atoms with Crippen LogP contribution in [0.5, 0.6) is 0 Å². The van der Waals surface area contributed by atoms with Gasteiger partial charge in [-0.15, -0.1) is 0 Å². The number of amides is 2. The molecule has 2 aromatic rings. The third-order valence-corrected chi connectivity index (χ3v) is 2.72. The molecule has 1 aromatic heterocycles. The minimum absolute atomic E-state index is 0.350. The van der Waals surface area contributed by atoms with E-state index in [1.54, 1.807) is 24.4 Å². The van der Waals surface area contributed by atoms with Crippen molar-refractivity contribution in [1.29, 1.82) is 0 Å². The maximum absolute atomic E-state index is 11.9. The van der Waals surface area contributed by atoms with E-state index in [0.29, 0.717) is 11.3 Å². The van der Waals surface area contributed by atoms with Gasteiger partial charge in [-0.3, -0.25) is 9.59 Å². The number of primary amides is 1. The molecule has 0 aliphatic carbocycles. The molecule has 94 valence electrons.